The number of carbonyl (C=O) groups excluding carboxylic acids is 1. The number of aldehydes is 1. The van der Waals surface area contributed by atoms with Crippen molar-refractivity contribution in [2.45, 2.75) is 26.2 Å². The molecule has 0 aliphatic carbocycles. The molecule has 22 heavy (non-hydrogen) atoms. The lowest BCUT2D eigenvalue weighted by atomic mass is 9.84. The quantitative estimate of drug-likeness (QED) is 0.461. The third-order valence-corrected chi connectivity index (χ3v) is 4.11. The predicted molar refractivity (Wildman–Crippen MR) is 94.1 cm³/mol. The lowest BCUT2D eigenvalue weighted by molar-refractivity contribution is -0.104. The van der Waals surface area contributed by atoms with E-state index in [2.05, 4.69) is 56.1 Å². The molecule has 0 unspecified atom stereocenters. The molecule has 0 fully saturated rings. The molecule has 1 aromatic rings. The molecule has 1 aliphatic rings. The van der Waals surface area contributed by atoms with Crippen LogP contribution in [0.3, 0.4) is 0 Å². The molecule has 2 nitrogen and oxygen atoms in total. The molecule has 0 atom stereocenters. The summed E-state index contributed by atoms with van der Waals surface area (Å²) >= 11 is 0. The molecule has 1 heterocycles. The Kier molecular flexibility index (Phi) is 4.81. The molecule has 0 saturated heterocycles. The van der Waals surface area contributed by atoms with Gasteiger partial charge in [0, 0.05) is 23.8 Å². The Morgan fingerprint density at radius 2 is 1.86 bits per heavy atom. The lowest BCUT2D eigenvalue weighted by Crippen LogP contribution is -2.22. The van der Waals surface area contributed by atoms with E-state index in [1.807, 2.05) is 31.2 Å². The van der Waals surface area contributed by atoms with Crippen LogP contribution in [0.25, 0.3) is 0 Å². The van der Waals surface area contributed by atoms with E-state index in [1.165, 1.54) is 16.9 Å². The zero-order chi connectivity index (χ0) is 16.2. The maximum absolute atomic E-state index is 10.4. The molecule has 0 amide bonds. The molecule has 0 spiro atoms. The number of hydrogen-bond acceptors (Lipinski definition) is 2. The molecular formula is C20H23NO. The smallest absolute Gasteiger partial charge is 0.143 e. The van der Waals surface area contributed by atoms with Crippen LogP contribution in [0.2, 0.25) is 0 Å². The van der Waals surface area contributed by atoms with Crippen molar-refractivity contribution in [1.29, 1.82) is 0 Å². The Hall–Kier alpha value is -2.35. The summed E-state index contributed by atoms with van der Waals surface area (Å²) in [6.45, 7) is 6.41. The maximum Gasteiger partial charge on any atom is 0.143 e. The van der Waals surface area contributed by atoms with Crippen LogP contribution >= 0.6 is 0 Å². The molecular weight excluding hydrogens is 270 g/mol. The van der Waals surface area contributed by atoms with Gasteiger partial charge in [0.15, 0.2) is 0 Å². The van der Waals surface area contributed by atoms with Crippen molar-refractivity contribution in [2.24, 2.45) is 0 Å². The van der Waals surface area contributed by atoms with Crippen molar-refractivity contribution in [3.05, 3.63) is 77.6 Å². The number of likely N-dealkylation sites (N-methyl/N-ethyl adjacent to an activating group) is 1. The first kappa shape index (κ1) is 16.0. The highest BCUT2D eigenvalue weighted by molar-refractivity contribution is 5.70. The molecule has 0 saturated carbocycles. The number of carbonyl (C=O) groups is 1. The van der Waals surface area contributed by atoms with Crippen molar-refractivity contribution in [2.75, 3.05) is 11.9 Å². The van der Waals surface area contributed by atoms with Crippen LogP contribution in [0, 0.1) is 0 Å². The first-order chi connectivity index (χ1) is 10.5. The minimum absolute atomic E-state index is 0.00668. The Morgan fingerprint density at radius 1 is 1.14 bits per heavy atom. The highest BCUT2D eigenvalue weighted by atomic mass is 16.1. The fourth-order valence-corrected chi connectivity index (χ4v) is 2.88. The van der Waals surface area contributed by atoms with Gasteiger partial charge < -0.3 is 4.90 Å². The monoisotopic (exact) mass is 293 g/mol. The minimum Gasteiger partial charge on any atom is -0.347 e. The van der Waals surface area contributed by atoms with E-state index in [9.17, 15) is 4.79 Å². The van der Waals surface area contributed by atoms with E-state index < -0.39 is 0 Å². The largest absolute Gasteiger partial charge is 0.347 e. The highest BCUT2D eigenvalue weighted by Crippen LogP contribution is 2.46. The summed E-state index contributed by atoms with van der Waals surface area (Å²) in [7, 11) is 2.11. The Morgan fingerprint density at radius 3 is 2.55 bits per heavy atom. The first-order valence-electron chi connectivity index (χ1n) is 7.49. The number of nitrogens with zero attached hydrogens (tertiary/aromatic N) is 1. The van der Waals surface area contributed by atoms with Crippen molar-refractivity contribution >= 4 is 12.0 Å². The molecule has 2 heteroatoms. The fourth-order valence-electron chi connectivity index (χ4n) is 2.88. The van der Waals surface area contributed by atoms with Crippen molar-refractivity contribution in [1.82, 2.24) is 0 Å². The summed E-state index contributed by atoms with van der Waals surface area (Å²) in [4.78, 5) is 12.6. The second-order valence-electron chi connectivity index (χ2n) is 6.04. The molecule has 1 aliphatic heterocycles. The van der Waals surface area contributed by atoms with Crippen LogP contribution in [0.5, 0.6) is 0 Å². The molecule has 2 rings (SSSR count). The number of allylic oxidation sites excluding steroid dienone is 8. The van der Waals surface area contributed by atoms with Gasteiger partial charge in [-0.3, -0.25) is 4.79 Å². The number of benzene rings is 1. The van der Waals surface area contributed by atoms with Gasteiger partial charge in [0.25, 0.3) is 0 Å². The van der Waals surface area contributed by atoms with Gasteiger partial charge in [-0.2, -0.15) is 0 Å². The van der Waals surface area contributed by atoms with Gasteiger partial charge in [-0.15, -0.1) is 0 Å². The van der Waals surface area contributed by atoms with Crippen molar-refractivity contribution in [3.8, 4) is 0 Å². The zero-order valence-corrected chi connectivity index (χ0v) is 13.7. The molecule has 1 aromatic carbocycles. The van der Waals surface area contributed by atoms with Gasteiger partial charge in [0.2, 0.25) is 0 Å². The summed E-state index contributed by atoms with van der Waals surface area (Å²) in [6, 6.07) is 8.53. The SMILES string of the molecule is CC(/C=C/C=C/C=C1\N(C)c2ccccc2C1(C)C)=C\C=O. The van der Waals surface area contributed by atoms with Crippen LogP contribution in [-0.4, -0.2) is 13.3 Å². The molecule has 0 N–H and O–H groups in total. The Balaban J connectivity index is 2.20. The van der Waals surface area contributed by atoms with Gasteiger partial charge in [-0.25, -0.2) is 0 Å². The Labute approximate surface area is 133 Å². The maximum atomic E-state index is 10.4. The second kappa shape index (κ2) is 6.61. The lowest BCUT2D eigenvalue weighted by Gasteiger charge is -2.23. The van der Waals surface area contributed by atoms with Crippen LogP contribution in [0.1, 0.15) is 26.3 Å². The zero-order valence-electron chi connectivity index (χ0n) is 13.7. The van der Waals surface area contributed by atoms with E-state index in [-0.39, 0.29) is 5.41 Å². The van der Waals surface area contributed by atoms with E-state index >= 15 is 0 Å². The van der Waals surface area contributed by atoms with Gasteiger partial charge in [0.1, 0.15) is 6.29 Å². The van der Waals surface area contributed by atoms with Crippen molar-refractivity contribution in [3.63, 3.8) is 0 Å². The summed E-state index contributed by atoms with van der Waals surface area (Å²) in [6.07, 6.45) is 12.4. The molecule has 114 valence electrons. The van der Waals surface area contributed by atoms with Gasteiger partial charge >= 0.3 is 0 Å². The average Bonchev–Trinajstić information content (AvgIpc) is 2.68. The summed E-state index contributed by atoms with van der Waals surface area (Å²) < 4.78 is 0. The van der Waals surface area contributed by atoms with Gasteiger partial charge in [-0.05, 0) is 36.3 Å². The van der Waals surface area contributed by atoms with E-state index in [4.69, 9.17) is 0 Å². The third kappa shape index (κ3) is 3.11. The normalized spacial score (nSPS) is 19.4. The topological polar surface area (TPSA) is 20.3 Å². The van der Waals surface area contributed by atoms with Crippen molar-refractivity contribution < 1.29 is 4.79 Å². The van der Waals surface area contributed by atoms with E-state index in [0.717, 1.165) is 11.9 Å². The van der Waals surface area contributed by atoms with Crippen LogP contribution in [-0.2, 0) is 10.2 Å². The summed E-state index contributed by atoms with van der Waals surface area (Å²) in [5, 5.41) is 0. The van der Waals surface area contributed by atoms with Crippen LogP contribution in [0.15, 0.2) is 72.0 Å². The van der Waals surface area contributed by atoms with Gasteiger partial charge in [0.05, 0.1) is 0 Å². The standard InChI is InChI=1S/C20H23NO/c1-16(14-15-22)10-6-5-7-13-19-20(2,3)17-11-8-9-12-18(17)21(19)4/h5-15H,1-4H3/b7-5+,10-6+,16-14+,19-13-. The number of rotatable bonds is 4. The summed E-state index contributed by atoms with van der Waals surface area (Å²) in [5.74, 6) is 0. The predicted octanol–water partition coefficient (Wildman–Crippen LogP) is 4.56. The van der Waals surface area contributed by atoms with Crippen LogP contribution in [0.4, 0.5) is 5.69 Å². The van der Waals surface area contributed by atoms with Gasteiger partial charge in [-0.1, -0.05) is 56.4 Å². The fraction of sp³-hybridized carbons (Fsp3) is 0.250. The number of fused-ring (bicyclic) bond motifs is 1. The third-order valence-electron chi connectivity index (χ3n) is 4.11. The highest BCUT2D eigenvalue weighted by Gasteiger charge is 2.37. The average molecular weight is 293 g/mol. The molecule has 0 radical (unpaired) electrons. The Bertz CT molecular complexity index is 675. The van der Waals surface area contributed by atoms with E-state index in [1.54, 1.807) is 6.08 Å². The number of anilines is 1. The number of hydrogen-bond donors (Lipinski definition) is 0. The van der Waals surface area contributed by atoms with Crippen LogP contribution < -0.4 is 4.90 Å². The molecule has 0 aromatic heterocycles. The number of para-hydroxylation sites is 1. The summed E-state index contributed by atoms with van der Waals surface area (Å²) in [5.41, 5.74) is 4.86. The molecule has 0 bridgehead atoms. The minimum atomic E-state index is 0.00668. The first-order valence-corrected chi connectivity index (χ1v) is 7.49. The second-order valence-corrected chi connectivity index (χ2v) is 6.04. The van der Waals surface area contributed by atoms with E-state index in [0.29, 0.717) is 0 Å².